The van der Waals surface area contributed by atoms with Gasteiger partial charge in [0.05, 0.1) is 6.61 Å². The van der Waals surface area contributed by atoms with Crippen LogP contribution >= 0.6 is 8.03 Å². The summed E-state index contributed by atoms with van der Waals surface area (Å²) in [7, 11) is -3.14. The van der Waals surface area contributed by atoms with Crippen molar-refractivity contribution in [1.29, 1.82) is 0 Å². The molecule has 2 aromatic rings. The molecule has 0 spiro atoms. The lowest BCUT2D eigenvalue weighted by Crippen LogP contribution is -2.31. The van der Waals surface area contributed by atoms with Crippen LogP contribution in [0.3, 0.4) is 0 Å². The quantitative estimate of drug-likeness (QED) is 0.478. The monoisotopic (exact) mass is 332 g/mol. The van der Waals surface area contributed by atoms with Crippen molar-refractivity contribution in [3.8, 4) is 0 Å². The van der Waals surface area contributed by atoms with E-state index in [2.05, 4.69) is 0 Å². The third-order valence-electron chi connectivity index (χ3n) is 3.87. The summed E-state index contributed by atoms with van der Waals surface area (Å²) < 4.78 is 17.1. The van der Waals surface area contributed by atoms with Gasteiger partial charge in [0, 0.05) is 0 Å². The van der Waals surface area contributed by atoms with Crippen LogP contribution in [-0.2, 0) is 25.7 Å². The van der Waals surface area contributed by atoms with Crippen LogP contribution in [0.25, 0.3) is 0 Å². The molecule has 4 nitrogen and oxygen atoms in total. The van der Waals surface area contributed by atoms with Crippen LogP contribution in [0.2, 0.25) is 0 Å². The number of benzene rings is 2. The molecule has 0 aliphatic heterocycles. The molecule has 1 N–H and O–H groups in total. The predicted molar refractivity (Wildman–Crippen MR) is 90.7 cm³/mol. The second-order valence-electron chi connectivity index (χ2n) is 5.52. The van der Waals surface area contributed by atoms with Crippen molar-refractivity contribution in [1.82, 2.24) is 0 Å². The standard InChI is InChI=1S/C18H21O4P/c1-18(23(20)21,16-12-6-3-7-13-16)17(19)22-14-8-11-15-9-4-2-5-10-15/h2-7,9-10,12-13,23H,8,11,14H2,1H3,(H,20,21). The van der Waals surface area contributed by atoms with E-state index >= 15 is 0 Å². The summed E-state index contributed by atoms with van der Waals surface area (Å²) in [6.07, 6.45) is 1.47. The Morgan fingerprint density at radius 2 is 1.65 bits per heavy atom. The summed E-state index contributed by atoms with van der Waals surface area (Å²) in [6, 6.07) is 18.5. The number of ether oxygens (including phenoxy) is 1. The molecule has 0 aliphatic rings. The van der Waals surface area contributed by atoms with Crippen molar-refractivity contribution in [3.05, 3.63) is 71.8 Å². The van der Waals surface area contributed by atoms with Crippen LogP contribution in [0, 0.1) is 0 Å². The number of hydrogen-bond acceptors (Lipinski definition) is 3. The minimum absolute atomic E-state index is 0.227. The largest absolute Gasteiger partial charge is 0.465 e. The normalized spacial score (nSPS) is 14.7. The van der Waals surface area contributed by atoms with E-state index in [1.807, 2.05) is 30.3 Å². The molecule has 2 atom stereocenters. The zero-order chi connectivity index (χ0) is 16.7. The van der Waals surface area contributed by atoms with E-state index in [0.717, 1.165) is 6.42 Å². The summed E-state index contributed by atoms with van der Waals surface area (Å²) in [4.78, 5) is 22.0. The molecular formula is C18H21O4P. The van der Waals surface area contributed by atoms with Gasteiger partial charge in [-0.05, 0) is 30.9 Å². The molecule has 0 bridgehead atoms. The zero-order valence-electron chi connectivity index (χ0n) is 13.1. The molecule has 2 rings (SSSR count). The van der Waals surface area contributed by atoms with E-state index in [4.69, 9.17) is 4.74 Å². The maximum atomic E-state index is 12.4. The lowest BCUT2D eigenvalue weighted by Gasteiger charge is -2.24. The van der Waals surface area contributed by atoms with Crippen molar-refractivity contribution in [2.75, 3.05) is 6.61 Å². The first kappa shape index (κ1) is 17.5. The van der Waals surface area contributed by atoms with Crippen molar-refractivity contribution >= 4 is 14.0 Å². The van der Waals surface area contributed by atoms with Crippen LogP contribution in [0.5, 0.6) is 0 Å². The number of rotatable bonds is 7. The SMILES string of the molecule is CC(C(=O)OCCCc1ccccc1)(c1ccccc1)[PH](=O)O. The van der Waals surface area contributed by atoms with Gasteiger partial charge in [-0.15, -0.1) is 0 Å². The molecule has 0 fully saturated rings. The van der Waals surface area contributed by atoms with Gasteiger partial charge < -0.3 is 9.63 Å². The molecular weight excluding hydrogens is 311 g/mol. The van der Waals surface area contributed by atoms with Crippen LogP contribution in [0.15, 0.2) is 60.7 Å². The highest BCUT2D eigenvalue weighted by Gasteiger charge is 2.42. The Morgan fingerprint density at radius 3 is 2.22 bits per heavy atom. The fourth-order valence-corrected chi connectivity index (χ4v) is 2.99. The van der Waals surface area contributed by atoms with E-state index in [0.29, 0.717) is 12.0 Å². The van der Waals surface area contributed by atoms with Gasteiger partial charge in [0.25, 0.3) is 0 Å². The number of esters is 1. The lowest BCUT2D eigenvalue weighted by atomic mass is 10.0. The summed E-state index contributed by atoms with van der Waals surface area (Å²) in [5, 5.41) is -1.50. The first-order valence-corrected chi connectivity index (χ1v) is 8.91. The van der Waals surface area contributed by atoms with Crippen LogP contribution in [0.4, 0.5) is 0 Å². The van der Waals surface area contributed by atoms with Crippen LogP contribution in [-0.4, -0.2) is 17.5 Å². The average Bonchev–Trinajstić information content (AvgIpc) is 2.59. The zero-order valence-corrected chi connectivity index (χ0v) is 14.1. The Morgan fingerprint density at radius 1 is 1.09 bits per heavy atom. The first-order chi connectivity index (χ1) is 11.0. The maximum Gasteiger partial charge on any atom is 0.325 e. The average molecular weight is 332 g/mol. The summed E-state index contributed by atoms with van der Waals surface area (Å²) >= 11 is 0. The number of hydrogen-bond donors (Lipinski definition) is 1. The van der Waals surface area contributed by atoms with Crippen molar-refractivity contribution in [3.63, 3.8) is 0 Å². The van der Waals surface area contributed by atoms with E-state index < -0.39 is 19.2 Å². The smallest absolute Gasteiger partial charge is 0.325 e. The lowest BCUT2D eigenvalue weighted by molar-refractivity contribution is -0.147. The summed E-state index contributed by atoms with van der Waals surface area (Å²) in [5.74, 6) is -0.650. The molecule has 122 valence electrons. The summed E-state index contributed by atoms with van der Waals surface area (Å²) in [6.45, 7) is 1.69. The van der Waals surface area contributed by atoms with Crippen LogP contribution < -0.4 is 0 Å². The number of aryl methyl sites for hydroxylation is 1. The third kappa shape index (κ3) is 4.31. The van der Waals surface area contributed by atoms with Gasteiger partial charge in [-0.3, -0.25) is 9.36 Å². The Hall–Kier alpha value is -1.90. The van der Waals surface area contributed by atoms with Crippen molar-refractivity contribution in [2.24, 2.45) is 0 Å². The fraction of sp³-hybridized carbons (Fsp3) is 0.278. The highest BCUT2D eigenvalue weighted by atomic mass is 31.1. The first-order valence-electron chi connectivity index (χ1n) is 7.55. The summed E-state index contributed by atoms with van der Waals surface area (Å²) in [5.41, 5.74) is 1.67. The van der Waals surface area contributed by atoms with Crippen LogP contribution in [0.1, 0.15) is 24.5 Å². The second-order valence-corrected chi connectivity index (χ2v) is 7.13. The highest BCUT2D eigenvalue weighted by molar-refractivity contribution is 7.41. The molecule has 0 amide bonds. The second kappa shape index (κ2) is 8.09. The Bertz CT molecular complexity index is 657. The predicted octanol–water partition coefficient (Wildman–Crippen LogP) is 3.54. The molecule has 0 saturated carbocycles. The van der Waals surface area contributed by atoms with Gasteiger partial charge in [0.2, 0.25) is 8.03 Å². The Labute approximate surface area is 137 Å². The minimum atomic E-state index is -3.14. The van der Waals surface area contributed by atoms with E-state index in [-0.39, 0.29) is 6.61 Å². The van der Waals surface area contributed by atoms with Gasteiger partial charge in [-0.2, -0.15) is 0 Å². The molecule has 0 aromatic heterocycles. The number of carbonyl (C=O) groups excluding carboxylic acids is 1. The molecule has 2 unspecified atom stereocenters. The van der Waals surface area contributed by atoms with E-state index in [9.17, 15) is 14.3 Å². The molecule has 5 heteroatoms. The third-order valence-corrected chi connectivity index (χ3v) is 5.22. The van der Waals surface area contributed by atoms with Gasteiger partial charge in [-0.25, -0.2) is 0 Å². The number of carbonyl (C=O) groups is 1. The molecule has 2 aromatic carbocycles. The molecule has 23 heavy (non-hydrogen) atoms. The fourth-order valence-electron chi connectivity index (χ4n) is 2.33. The van der Waals surface area contributed by atoms with Gasteiger partial charge in [0.1, 0.15) is 0 Å². The molecule has 0 heterocycles. The van der Waals surface area contributed by atoms with E-state index in [1.54, 1.807) is 30.3 Å². The minimum Gasteiger partial charge on any atom is -0.465 e. The van der Waals surface area contributed by atoms with Crippen molar-refractivity contribution in [2.45, 2.75) is 24.9 Å². The van der Waals surface area contributed by atoms with E-state index in [1.165, 1.54) is 12.5 Å². The van der Waals surface area contributed by atoms with Gasteiger partial charge >= 0.3 is 5.97 Å². The maximum absolute atomic E-state index is 12.4. The molecule has 0 aliphatic carbocycles. The Balaban J connectivity index is 1.96. The van der Waals surface area contributed by atoms with Crippen molar-refractivity contribution < 1.29 is 19.0 Å². The molecule has 0 saturated heterocycles. The highest BCUT2D eigenvalue weighted by Crippen LogP contribution is 2.45. The van der Waals surface area contributed by atoms with Gasteiger partial charge in [0.15, 0.2) is 5.16 Å². The van der Waals surface area contributed by atoms with Gasteiger partial charge in [-0.1, -0.05) is 60.7 Å². The Kier molecular flexibility index (Phi) is 6.14. The molecule has 0 radical (unpaired) electrons. The topological polar surface area (TPSA) is 63.6 Å².